The van der Waals surface area contributed by atoms with Gasteiger partial charge in [0.15, 0.2) is 6.10 Å². The highest BCUT2D eigenvalue weighted by Crippen LogP contribution is 2.15. The molecule has 0 aromatic heterocycles. The molecule has 1 unspecified atom stereocenters. The molecule has 0 amide bonds. The van der Waals surface area contributed by atoms with E-state index in [2.05, 4.69) is 93.7 Å². The summed E-state index contributed by atoms with van der Waals surface area (Å²) in [5.74, 6) is -0.968. The molecule has 0 spiro atoms. The Morgan fingerprint density at radius 3 is 1.16 bits per heavy atom. The number of rotatable bonds is 47. The fourth-order valence-corrected chi connectivity index (χ4v) is 7.28. The minimum absolute atomic E-state index is 0.100. The van der Waals surface area contributed by atoms with Crippen molar-refractivity contribution in [1.29, 1.82) is 0 Å². The lowest BCUT2D eigenvalue weighted by atomic mass is 10.0. The van der Waals surface area contributed by atoms with Crippen LogP contribution in [0.2, 0.25) is 0 Å². The molecule has 1 atom stereocenters. The first-order valence-corrected chi connectivity index (χ1v) is 26.5. The molecule has 362 valence electrons. The molecule has 0 bridgehead atoms. The van der Waals surface area contributed by atoms with E-state index in [4.69, 9.17) is 14.2 Å². The van der Waals surface area contributed by atoms with Crippen molar-refractivity contribution in [2.45, 2.75) is 258 Å². The molecule has 0 aromatic carbocycles. The first-order valence-electron chi connectivity index (χ1n) is 26.5. The van der Waals surface area contributed by atoms with Crippen LogP contribution in [0.4, 0.5) is 0 Å². The van der Waals surface area contributed by atoms with Crippen LogP contribution >= 0.6 is 0 Å². The molecule has 63 heavy (non-hydrogen) atoms. The van der Waals surface area contributed by atoms with E-state index in [0.717, 1.165) is 83.5 Å². The van der Waals surface area contributed by atoms with Gasteiger partial charge in [0.05, 0.1) is 0 Å². The van der Waals surface area contributed by atoms with Gasteiger partial charge in [-0.3, -0.25) is 14.4 Å². The van der Waals surface area contributed by atoms with Gasteiger partial charge in [0.25, 0.3) is 0 Å². The second kappa shape index (κ2) is 51.5. The number of allylic oxidation sites excluding steroid dienone is 12. The van der Waals surface area contributed by atoms with Gasteiger partial charge in [0, 0.05) is 19.3 Å². The molecule has 0 aliphatic carbocycles. The summed E-state index contributed by atoms with van der Waals surface area (Å²) in [5, 5.41) is 0. The second-order valence-electron chi connectivity index (χ2n) is 17.5. The van der Waals surface area contributed by atoms with Crippen molar-refractivity contribution in [1.82, 2.24) is 0 Å². The van der Waals surface area contributed by atoms with Gasteiger partial charge in [0.1, 0.15) is 13.2 Å². The smallest absolute Gasteiger partial charge is 0.306 e. The maximum atomic E-state index is 12.8. The molecule has 0 aliphatic rings. The van der Waals surface area contributed by atoms with Gasteiger partial charge in [-0.15, -0.1) is 0 Å². The van der Waals surface area contributed by atoms with Crippen molar-refractivity contribution < 1.29 is 28.6 Å². The Bertz CT molecular complexity index is 1190. The second-order valence-corrected chi connectivity index (χ2v) is 17.5. The molecule has 6 nitrogen and oxygen atoms in total. The van der Waals surface area contributed by atoms with Crippen LogP contribution in [-0.4, -0.2) is 37.2 Å². The highest BCUT2D eigenvalue weighted by molar-refractivity contribution is 5.71. The predicted octanol–water partition coefficient (Wildman–Crippen LogP) is 17.4. The van der Waals surface area contributed by atoms with Crippen LogP contribution in [0.5, 0.6) is 0 Å². The van der Waals surface area contributed by atoms with Gasteiger partial charge in [-0.1, -0.05) is 235 Å². The van der Waals surface area contributed by atoms with E-state index in [1.807, 2.05) is 0 Å². The third kappa shape index (κ3) is 49.7. The zero-order chi connectivity index (χ0) is 45.8. The summed E-state index contributed by atoms with van der Waals surface area (Å²) >= 11 is 0. The van der Waals surface area contributed by atoms with Crippen molar-refractivity contribution in [3.05, 3.63) is 72.9 Å². The standard InChI is InChI=1S/C57H98O6/c1-4-7-10-13-16-19-22-25-27-28-30-32-35-38-41-44-47-50-56(59)62-53-54(52-61-55(58)49-46-43-40-37-34-31-24-21-18-15-12-9-6-3)63-57(60)51-48-45-42-39-36-33-29-26-23-20-17-14-11-8-5-2/h9,12,15,18,21,24-25,27,30,32,38,41,54H,4-8,10-11,13-14,16-17,19-20,22-23,26,28-29,31,33-37,39-40,42-53H2,1-3H3/b12-9-,18-15-,24-21-,27-25-,32-30-,41-38-. The number of ether oxygens (including phenoxy) is 3. The van der Waals surface area contributed by atoms with Gasteiger partial charge in [-0.2, -0.15) is 0 Å². The molecule has 0 saturated carbocycles. The van der Waals surface area contributed by atoms with Crippen molar-refractivity contribution >= 4 is 17.9 Å². The first kappa shape index (κ1) is 59.9. The summed E-state index contributed by atoms with van der Waals surface area (Å²) in [7, 11) is 0. The van der Waals surface area contributed by atoms with Crippen LogP contribution in [0, 0.1) is 0 Å². The monoisotopic (exact) mass is 879 g/mol. The van der Waals surface area contributed by atoms with Crippen LogP contribution in [0.25, 0.3) is 0 Å². The Kier molecular flexibility index (Phi) is 48.9. The molecule has 6 heteroatoms. The maximum Gasteiger partial charge on any atom is 0.306 e. The molecule has 0 fully saturated rings. The van der Waals surface area contributed by atoms with Gasteiger partial charge >= 0.3 is 17.9 Å². The van der Waals surface area contributed by atoms with Crippen LogP contribution in [0.3, 0.4) is 0 Å². The molecule has 0 rings (SSSR count). The van der Waals surface area contributed by atoms with E-state index in [-0.39, 0.29) is 37.5 Å². The van der Waals surface area contributed by atoms with E-state index >= 15 is 0 Å². The van der Waals surface area contributed by atoms with Crippen molar-refractivity contribution in [3.63, 3.8) is 0 Å². The number of carbonyl (C=O) groups is 3. The summed E-state index contributed by atoms with van der Waals surface area (Å²) in [4.78, 5) is 38.0. The highest BCUT2D eigenvalue weighted by Gasteiger charge is 2.19. The van der Waals surface area contributed by atoms with E-state index in [9.17, 15) is 14.4 Å². The number of carbonyl (C=O) groups excluding carboxylic acids is 3. The minimum Gasteiger partial charge on any atom is -0.462 e. The van der Waals surface area contributed by atoms with E-state index in [1.54, 1.807) is 0 Å². The topological polar surface area (TPSA) is 78.9 Å². The Balaban J connectivity index is 4.46. The molecule has 0 radical (unpaired) electrons. The third-order valence-corrected chi connectivity index (χ3v) is 11.3. The van der Waals surface area contributed by atoms with Crippen molar-refractivity contribution in [2.24, 2.45) is 0 Å². The Morgan fingerprint density at radius 2 is 0.698 bits per heavy atom. The zero-order valence-electron chi connectivity index (χ0n) is 41.3. The molecule has 0 saturated heterocycles. The summed E-state index contributed by atoms with van der Waals surface area (Å²) in [6.07, 6.45) is 64.6. The average Bonchev–Trinajstić information content (AvgIpc) is 3.28. The first-order chi connectivity index (χ1) is 31.0. The number of hydrogen-bond donors (Lipinski definition) is 0. The van der Waals surface area contributed by atoms with Crippen LogP contribution in [-0.2, 0) is 28.6 Å². The van der Waals surface area contributed by atoms with Crippen molar-refractivity contribution in [2.75, 3.05) is 13.2 Å². The maximum absolute atomic E-state index is 12.8. The SMILES string of the molecule is CC\C=C/C=C\C=C/CCCCCCCC(=O)OCC(COC(=O)CCC/C=C\C/C=C\C/C=C\CCCCCCCC)OC(=O)CCCCCCCCCCCCCCCCC. The fraction of sp³-hybridized carbons (Fsp3) is 0.737. The third-order valence-electron chi connectivity index (χ3n) is 11.3. The van der Waals surface area contributed by atoms with Gasteiger partial charge < -0.3 is 14.2 Å². The van der Waals surface area contributed by atoms with E-state index in [1.165, 1.54) is 122 Å². The summed E-state index contributed by atoms with van der Waals surface area (Å²) in [5.41, 5.74) is 0. The largest absolute Gasteiger partial charge is 0.462 e. The summed E-state index contributed by atoms with van der Waals surface area (Å²) in [6, 6.07) is 0. The molecular formula is C57H98O6. The quantitative estimate of drug-likeness (QED) is 0.0199. The zero-order valence-corrected chi connectivity index (χ0v) is 41.3. The fourth-order valence-electron chi connectivity index (χ4n) is 7.28. The van der Waals surface area contributed by atoms with E-state index < -0.39 is 6.10 Å². The molecular weight excluding hydrogens is 781 g/mol. The van der Waals surface area contributed by atoms with Crippen LogP contribution in [0.15, 0.2) is 72.9 Å². The van der Waals surface area contributed by atoms with E-state index in [0.29, 0.717) is 19.3 Å². The van der Waals surface area contributed by atoms with Crippen LogP contribution < -0.4 is 0 Å². The lowest BCUT2D eigenvalue weighted by molar-refractivity contribution is -0.167. The Labute approximate surface area is 389 Å². The average molecular weight is 879 g/mol. The molecule has 0 aromatic rings. The lowest BCUT2D eigenvalue weighted by Gasteiger charge is -2.18. The normalized spacial score (nSPS) is 12.6. The highest BCUT2D eigenvalue weighted by atomic mass is 16.6. The van der Waals surface area contributed by atoms with Gasteiger partial charge in [-0.05, 0) is 70.6 Å². The number of unbranched alkanes of at least 4 members (excludes halogenated alkanes) is 26. The minimum atomic E-state index is -0.801. The van der Waals surface area contributed by atoms with Crippen LogP contribution in [0.1, 0.15) is 252 Å². The van der Waals surface area contributed by atoms with Gasteiger partial charge in [0.2, 0.25) is 0 Å². The summed E-state index contributed by atoms with van der Waals surface area (Å²) in [6.45, 7) is 6.45. The lowest BCUT2D eigenvalue weighted by Crippen LogP contribution is -2.30. The Hall–Kier alpha value is -3.15. The molecule has 0 heterocycles. The predicted molar refractivity (Wildman–Crippen MR) is 270 cm³/mol. The number of esters is 3. The Morgan fingerprint density at radius 1 is 0.349 bits per heavy atom. The number of hydrogen-bond acceptors (Lipinski definition) is 6. The van der Waals surface area contributed by atoms with Crippen molar-refractivity contribution in [3.8, 4) is 0 Å². The molecule has 0 aliphatic heterocycles. The molecule has 0 N–H and O–H groups in total. The summed E-state index contributed by atoms with van der Waals surface area (Å²) < 4.78 is 16.7. The van der Waals surface area contributed by atoms with Gasteiger partial charge in [-0.25, -0.2) is 0 Å².